The Kier molecular flexibility index (Phi) is 7.56. The van der Waals surface area contributed by atoms with E-state index in [1.54, 1.807) is 30.3 Å². The van der Waals surface area contributed by atoms with Crippen LogP contribution in [0.1, 0.15) is 42.8 Å². The maximum absolute atomic E-state index is 10.6. The highest BCUT2D eigenvalue weighted by Crippen LogP contribution is 2.44. The van der Waals surface area contributed by atoms with Gasteiger partial charge in [0, 0.05) is 23.5 Å². The first-order chi connectivity index (χ1) is 14.0. The van der Waals surface area contributed by atoms with E-state index in [9.17, 15) is 9.90 Å². The van der Waals surface area contributed by atoms with Gasteiger partial charge in [-0.25, -0.2) is 0 Å². The molecule has 0 bridgehead atoms. The lowest BCUT2D eigenvalue weighted by molar-refractivity contribution is -0.244. The van der Waals surface area contributed by atoms with Crippen molar-refractivity contribution in [2.75, 3.05) is 6.61 Å². The summed E-state index contributed by atoms with van der Waals surface area (Å²) in [5, 5.41) is 19.9. The number of hydrogen-bond donors (Lipinski definition) is 2. The third kappa shape index (κ3) is 5.52. The van der Waals surface area contributed by atoms with Crippen LogP contribution in [0.3, 0.4) is 0 Å². The van der Waals surface area contributed by atoms with Crippen LogP contribution in [-0.2, 0) is 14.3 Å². The van der Waals surface area contributed by atoms with Gasteiger partial charge >= 0.3 is 5.97 Å². The van der Waals surface area contributed by atoms with Crippen LogP contribution in [0.25, 0.3) is 0 Å². The van der Waals surface area contributed by atoms with Crippen LogP contribution < -0.4 is 0 Å². The maximum atomic E-state index is 10.6. The average Bonchev–Trinajstić information content (AvgIpc) is 2.70. The van der Waals surface area contributed by atoms with E-state index in [4.69, 9.17) is 37.8 Å². The van der Waals surface area contributed by atoms with Crippen molar-refractivity contribution in [2.45, 2.75) is 31.7 Å². The number of allylic oxidation sites excluding steroid dienone is 2. The second kappa shape index (κ2) is 10.1. The molecule has 0 aromatic heterocycles. The lowest BCUT2D eigenvalue weighted by atomic mass is 9.91. The van der Waals surface area contributed by atoms with Gasteiger partial charge in [0.05, 0.1) is 22.8 Å². The van der Waals surface area contributed by atoms with Crippen LogP contribution in [0.4, 0.5) is 0 Å². The summed E-state index contributed by atoms with van der Waals surface area (Å²) < 4.78 is 12.2. The van der Waals surface area contributed by atoms with Gasteiger partial charge in [0.1, 0.15) is 5.75 Å². The number of aromatic hydroxyl groups is 1. The highest BCUT2D eigenvalue weighted by molar-refractivity contribution is 6.42. The fraction of sp³-hybridized carbons (Fsp3) is 0.318. The number of phenolic OH excluding ortho intramolecular Hbond substituents is 1. The quantitative estimate of drug-likeness (QED) is 0.527. The highest BCUT2D eigenvalue weighted by Gasteiger charge is 2.35. The van der Waals surface area contributed by atoms with Crippen LogP contribution in [0.15, 0.2) is 54.6 Å². The minimum atomic E-state index is -0.827. The molecule has 0 radical (unpaired) electrons. The van der Waals surface area contributed by atoms with Gasteiger partial charge in [-0.1, -0.05) is 65.7 Å². The predicted molar refractivity (Wildman–Crippen MR) is 111 cm³/mol. The summed E-state index contributed by atoms with van der Waals surface area (Å²) in [5.41, 5.74) is 1.30. The third-order valence-electron chi connectivity index (χ3n) is 4.77. The monoisotopic (exact) mass is 436 g/mol. The fourth-order valence-electron chi connectivity index (χ4n) is 3.29. The van der Waals surface area contributed by atoms with Crippen LogP contribution in [-0.4, -0.2) is 22.8 Å². The van der Waals surface area contributed by atoms with Crippen LogP contribution in [0, 0.1) is 5.92 Å². The number of benzene rings is 2. The van der Waals surface area contributed by atoms with Crippen molar-refractivity contribution >= 4 is 29.2 Å². The molecule has 2 aromatic rings. The molecular weight excluding hydrogens is 415 g/mol. The molecule has 5 nitrogen and oxygen atoms in total. The first-order valence-corrected chi connectivity index (χ1v) is 10.1. The molecule has 154 valence electrons. The Hall–Kier alpha value is -2.05. The summed E-state index contributed by atoms with van der Waals surface area (Å²) in [6, 6.07) is 12.3. The molecule has 1 fully saturated rings. The lowest BCUT2D eigenvalue weighted by Gasteiger charge is -2.37. The second-order valence-corrected chi connectivity index (χ2v) is 7.61. The summed E-state index contributed by atoms with van der Waals surface area (Å²) in [6.45, 7) is 0.385. The maximum Gasteiger partial charge on any atom is 0.303 e. The normalized spacial score (nSPS) is 22.1. The summed E-state index contributed by atoms with van der Waals surface area (Å²) in [6.07, 6.45) is 3.81. The number of hydrogen-bond acceptors (Lipinski definition) is 4. The van der Waals surface area contributed by atoms with Crippen LogP contribution >= 0.6 is 23.2 Å². The Morgan fingerprint density at radius 2 is 1.86 bits per heavy atom. The van der Waals surface area contributed by atoms with Gasteiger partial charge in [0.25, 0.3) is 0 Å². The minimum Gasteiger partial charge on any atom is -0.508 e. The number of rotatable bonds is 7. The Bertz CT molecular complexity index is 883. The molecule has 1 aliphatic rings. The number of carbonyl (C=O) groups is 1. The average molecular weight is 437 g/mol. The number of halogens is 2. The zero-order chi connectivity index (χ0) is 20.8. The first-order valence-electron chi connectivity index (χ1n) is 9.33. The molecule has 0 saturated carbocycles. The number of para-hydroxylation sites is 1. The number of carboxylic acids is 1. The highest BCUT2D eigenvalue weighted by atomic mass is 35.5. The summed E-state index contributed by atoms with van der Waals surface area (Å²) >= 11 is 12.5. The predicted octanol–water partition coefficient (Wildman–Crippen LogP) is 5.91. The molecule has 0 amide bonds. The van der Waals surface area contributed by atoms with Gasteiger partial charge in [0.15, 0.2) is 6.29 Å². The van der Waals surface area contributed by atoms with E-state index in [1.165, 1.54) is 0 Å². The molecule has 1 saturated heterocycles. The summed E-state index contributed by atoms with van der Waals surface area (Å²) in [7, 11) is 0. The van der Waals surface area contributed by atoms with Crippen molar-refractivity contribution in [1.29, 1.82) is 0 Å². The van der Waals surface area contributed by atoms with E-state index in [0.29, 0.717) is 40.6 Å². The Morgan fingerprint density at radius 3 is 2.62 bits per heavy atom. The van der Waals surface area contributed by atoms with Crippen LogP contribution in [0.5, 0.6) is 5.75 Å². The lowest BCUT2D eigenvalue weighted by Crippen LogP contribution is -2.30. The van der Waals surface area contributed by atoms with Gasteiger partial charge in [-0.05, 0) is 25.0 Å². The van der Waals surface area contributed by atoms with E-state index >= 15 is 0 Å². The van der Waals surface area contributed by atoms with E-state index in [1.807, 2.05) is 24.3 Å². The summed E-state index contributed by atoms with van der Waals surface area (Å²) in [4.78, 5) is 10.6. The molecule has 29 heavy (non-hydrogen) atoms. The molecule has 1 unspecified atom stereocenters. The van der Waals surface area contributed by atoms with E-state index in [2.05, 4.69) is 0 Å². The van der Waals surface area contributed by atoms with Crippen molar-refractivity contribution in [2.24, 2.45) is 5.92 Å². The fourth-order valence-corrected chi connectivity index (χ4v) is 3.69. The van der Waals surface area contributed by atoms with Gasteiger partial charge in [-0.2, -0.15) is 0 Å². The van der Waals surface area contributed by atoms with E-state index in [-0.39, 0.29) is 18.1 Å². The molecule has 0 spiro atoms. The molecular formula is C22H22Cl2O5. The van der Waals surface area contributed by atoms with Gasteiger partial charge in [0.2, 0.25) is 0 Å². The van der Waals surface area contributed by atoms with Crippen molar-refractivity contribution in [3.63, 3.8) is 0 Å². The zero-order valence-corrected chi connectivity index (χ0v) is 17.1. The second-order valence-electron chi connectivity index (χ2n) is 6.82. The van der Waals surface area contributed by atoms with Crippen LogP contribution in [0.2, 0.25) is 10.0 Å². The van der Waals surface area contributed by atoms with Gasteiger partial charge in [-0.3, -0.25) is 4.79 Å². The number of carboxylic acid groups (broad SMARTS) is 1. The topological polar surface area (TPSA) is 76.0 Å². The van der Waals surface area contributed by atoms with E-state index < -0.39 is 18.4 Å². The molecule has 1 aliphatic heterocycles. The van der Waals surface area contributed by atoms with Crippen molar-refractivity contribution in [3.05, 3.63) is 75.8 Å². The smallest absolute Gasteiger partial charge is 0.303 e. The molecule has 2 aromatic carbocycles. The Balaban J connectivity index is 1.80. The third-order valence-corrected chi connectivity index (χ3v) is 5.60. The Morgan fingerprint density at radius 1 is 1.10 bits per heavy atom. The largest absolute Gasteiger partial charge is 0.508 e. The molecule has 3 atom stereocenters. The number of phenols is 1. The molecule has 1 heterocycles. The van der Waals surface area contributed by atoms with Gasteiger partial charge in [-0.15, -0.1) is 0 Å². The SMILES string of the molecule is O=C(O)CC/C=C\C[C@@H]1COC(c2cccc(Cl)c2Cl)O[C@@H]1c1ccccc1O. The Labute approximate surface area is 179 Å². The van der Waals surface area contributed by atoms with Gasteiger partial charge < -0.3 is 19.7 Å². The molecule has 7 heteroatoms. The zero-order valence-electron chi connectivity index (χ0n) is 15.6. The van der Waals surface area contributed by atoms with E-state index in [0.717, 1.165) is 0 Å². The van der Waals surface area contributed by atoms with Crippen molar-refractivity contribution in [3.8, 4) is 5.75 Å². The first kappa shape index (κ1) is 21.7. The van der Waals surface area contributed by atoms with Crippen molar-refractivity contribution in [1.82, 2.24) is 0 Å². The number of ether oxygens (including phenoxy) is 2. The molecule has 0 aliphatic carbocycles. The number of aliphatic carboxylic acids is 1. The minimum absolute atomic E-state index is 0.0569. The molecule has 2 N–H and O–H groups in total. The molecule has 3 rings (SSSR count). The summed E-state index contributed by atoms with van der Waals surface area (Å²) in [5.74, 6) is -0.735. The van der Waals surface area contributed by atoms with Crippen molar-refractivity contribution < 1.29 is 24.5 Å². The standard InChI is InChI=1S/C22H22Cl2O5/c23-17-10-6-9-16(20(17)24)22-28-13-14(7-2-1-3-12-19(26)27)21(29-22)15-8-4-5-11-18(15)25/h1-2,4-6,8-11,14,21-22,25H,3,7,12-13H2,(H,26,27)/b2-1-/t14-,21+,22?/m1/s1.